The van der Waals surface area contributed by atoms with Crippen molar-refractivity contribution in [2.75, 3.05) is 0 Å². The SMILES string of the molecule is Fc1cccc(-c2ccc(Cl)cc2)n1. The van der Waals surface area contributed by atoms with E-state index >= 15 is 0 Å². The van der Waals surface area contributed by atoms with Crippen molar-refractivity contribution in [1.82, 2.24) is 4.98 Å². The largest absolute Gasteiger partial charge is 0.220 e. The normalized spacial score (nSPS) is 10.1. The number of hydrogen-bond acceptors (Lipinski definition) is 1. The molecule has 0 spiro atoms. The summed E-state index contributed by atoms with van der Waals surface area (Å²) in [5.41, 5.74) is 1.47. The predicted octanol–water partition coefficient (Wildman–Crippen LogP) is 3.54. The number of pyridine rings is 1. The Morgan fingerprint density at radius 2 is 1.71 bits per heavy atom. The quantitative estimate of drug-likeness (QED) is 0.652. The highest BCUT2D eigenvalue weighted by Gasteiger charge is 1.99. The third-order valence-corrected chi connectivity index (χ3v) is 2.11. The molecule has 0 aliphatic rings. The third kappa shape index (κ3) is 1.91. The van der Waals surface area contributed by atoms with E-state index in [1.54, 1.807) is 24.3 Å². The van der Waals surface area contributed by atoms with E-state index < -0.39 is 5.95 Å². The van der Waals surface area contributed by atoms with Crippen LogP contribution in [-0.4, -0.2) is 4.98 Å². The van der Waals surface area contributed by atoms with Crippen LogP contribution in [0.25, 0.3) is 11.3 Å². The van der Waals surface area contributed by atoms with Crippen LogP contribution in [0.15, 0.2) is 42.5 Å². The lowest BCUT2D eigenvalue weighted by atomic mass is 10.1. The van der Waals surface area contributed by atoms with Gasteiger partial charge in [0.1, 0.15) is 0 Å². The summed E-state index contributed by atoms with van der Waals surface area (Å²) in [5.74, 6) is -0.475. The number of nitrogens with zero attached hydrogens (tertiary/aromatic N) is 1. The van der Waals surface area contributed by atoms with Gasteiger partial charge in [0.2, 0.25) is 5.95 Å². The second-order valence-electron chi connectivity index (χ2n) is 2.85. The van der Waals surface area contributed by atoms with Gasteiger partial charge in [-0.1, -0.05) is 29.8 Å². The Morgan fingerprint density at radius 1 is 1.00 bits per heavy atom. The first kappa shape index (κ1) is 9.16. The van der Waals surface area contributed by atoms with Gasteiger partial charge in [-0.25, -0.2) is 4.98 Å². The molecule has 14 heavy (non-hydrogen) atoms. The summed E-state index contributed by atoms with van der Waals surface area (Å²) < 4.78 is 12.8. The van der Waals surface area contributed by atoms with Gasteiger partial charge in [0.05, 0.1) is 5.69 Å². The molecular weight excluding hydrogens is 201 g/mol. The Morgan fingerprint density at radius 3 is 2.36 bits per heavy atom. The van der Waals surface area contributed by atoms with Crippen LogP contribution >= 0.6 is 11.6 Å². The molecule has 1 aromatic heterocycles. The van der Waals surface area contributed by atoms with Gasteiger partial charge in [-0.15, -0.1) is 0 Å². The van der Waals surface area contributed by atoms with E-state index in [2.05, 4.69) is 4.98 Å². The first-order valence-corrected chi connectivity index (χ1v) is 4.52. The molecule has 3 heteroatoms. The number of benzene rings is 1. The highest BCUT2D eigenvalue weighted by molar-refractivity contribution is 6.30. The molecule has 0 bridgehead atoms. The molecule has 0 atom stereocenters. The molecule has 1 heterocycles. The highest BCUT2D eigenvalue weighted by atomic mass is 35.5. The van der Waals surface area contributed by atoms with Gasteiger partial charge in [-0.3, -0.25) is 0 Å². The maximum absolute atomic E-state index is 12.8. The summed E-state index contributed by atoms with van der Waals surface area (Å²) in [4.78, 5) is 3.76. The molecule has 70 valence electrons. The molecule has 0 aliphatic heterocycles. The minimum atomic E-state index is -0.475. The Balaban J connectivity index is 2.44. The average Bonchev–Trinajstić information content (AvgIpc) is 2.19. The fourth-order valence-corrected chi connectivity index (χ4v) is 1.32. The molecule has 0 aliphatic carbocycles. The number of aromatic nitrogens is 1. The first-order chi connectivity index (χ1) is 6.75. The molecule has 1 nitrogen and oxygen atoms in total. The van der Waals surface area contributed by atoms with Crippen molar-refractivity contribution in [3.8, 4) is 11.3 Å². The van der Waals surface area contributed by atoms with Crippen molar-refractivity contribution in [2.24, 2.45) is 0 Å². The molecule has 0 fully saturated rings. The van der Waals surface area contributed by atoms with Crippen LogP contribution in [0.5, 0.6) is 0 Å². The van der Waals surface area contributed by atoms with Crippen LogP contribution in [0.4, 0.5) is 4.39 Å². The van der Waals surface area contributed by atoms with Gasteiger partial charge in [0.25, 0.3) is 0 Å². The lowest BCUT2D eigenvalue weighted by molar-refractivity contribution is 0.585. The second kappa shape index (κ2) is 3.76. The molecule has 0 radical (unpaired) electrons. The first-order valence-electron chi connectivity index (χ1n) is 4.14. The van der Waals surface area contributed by atoms with Gasteiger partial charge < -0.3 is 0 Å². The summed E-state index contributed by atoms with van der Waals surface area (Å²) in [6.45, 7) is 0. The van der Waals surface area contributed by atoms with Gasteiger partial charge >= 0.3 is 0 Å². The summed E-state index contributed by atoms with van der Waals surface area (Å²) in [5, 5.41) is 0.658. The lowest BCUT2D eigenvalue weighted by Gasteiger charge is -1.99. The lowest BCUT2D eigenvalue weighted by Crippen LogP contribution is -1.86. The molecule has 0 unspecified atom stereocenters. The van der Waals surface area contributed by atoms with Crippen molar-refractivity contribution in [1.29, 1.82) is 0 Å². The fourth-order valence-electron chi connectivity index (χ4n) is 1.19. The summed E-state index contributed by atoms with van der Waals surface area (Å²) in [7, 11) is 0. The van der Waals surface area contributed by atoms with Crippen LogP contribution in [-0.2, 0) is 0 Å². The molecule has 0 N–H and O–H groups in total. The maximum Gasteiger partial charge on any atom is 0.213 e. The standard InChI is InChI=1S/C11H7ClFN/c12-9-6-4-8(5-7-9)10-2-1-3-11(13)14-10/h1-7H. The van der Waals surface area contributed by atoms with Crippen molar-refractivity contribution in [2.45, 2.75) is 0 Å². The van der Waals surface area contributed by atoms with Gasteiger partial charge in [0, 0.05) is 10.6 Å². The zero-order valence-corrected chi connectivity index (χ0v) is 8.00. The van der Waals surface area contributed by atoms with E-state index in [-0.39, 0.29) is 0 Å². The molecule has 2 aromatic rings. The monoisotopic (exact) mass is 207 g/mol. The van der Waals surface area contributed by atoms with Crippen LogP contribution < -0.4 is 0 Å². The molecule has 2 rings (SSSR count). The van der Waals surface area contributed by atoms with E-state index in [9.17, 15) is 4.39 Å². The zero-order chi connectivity index (χ0) is 9.97. The van der Waals surface area contributed by atoms with Crippen molar-refractivity contribution < 1.29 is 4.39 Å². The van der Waals surface area contributed by atoms with E-state index in [1.165, 1.54) is 6.07 Å². The van der Waals surface area contributed by atoms with E-state index in [0.29, 0.717) is 10.7 Å². The fraction of sp³-hybridized carbons (Fsp3) is 0. The van der Waals surface area contributed by atoms with Gasteiger partial charge in [-0.05, 0) is 24.3 Å². The maximum atomic E-state index is 12.8. The molecular formula is C11H7ClFN. The Hall–Kier alpha value is -1.41. The highest BCUT2D eigenvalue weighted by Crippen LogP contribution is 2.19. The summed E-state index contributed by atoms with van der Waals surface area (Å²) in [6, 6.07) is 11.8. The van der Waals surface area contributed by atoms with Gasteiger partial charge in [-0.2, -0.15) is 4.39 Å². The Kier molecular flexibility index (Phi) is 2.46. The smallest absolute Gasteiger partial charge is 0.213 e. The van der Waals surface area contributed by atoms with Crippen LogP contribution in [0.1, 0.15) is 0 Å². The summed E-state index contributed by atoms with van der Waals surface area (Å²) in [6.07, 6.45) is 0. The van der Waals surface area contributed by atoms with Crippen LogP contribution in [0, 0.1) is 5.95 Å². The molecule has 0 saturated carbocycles. The Labute approximate surface area is 86.2 Å². The predicted molar refractivity (Wildman–Crippen MR) is 54.6 cm³/mol. The average molecular weight is 208 g/mol. The Bertz CT molecular complexity index is 439. The minimum Gasteiger partial charge on any atom is -0.220 e. The van der Waals surface area contributed by atoms with Crippen molar-refractivity contribution >= 4 is 11.6 Å². The van der Waals surface area contributed by atoms with Gasteiger partial charge in [0.15, 0.2) is 0 Å². The zero-order valence-electron chi connectivity index (χ0n) is 7.24. The van der Waals surface area contributed by atoms with E-state index in [4.69, 9.17) is 11.6 Å². The van der Waals surface area contributed by atoms with E-state index in [1.807, 2.05) is 12.1 Å². The summed E-state index contributed by atoms with van der Waals surface area (Å²) >= 11 is 5.74. The minimum absolute atomic E-state index is 0.475. The second-order valence-corrected chi connectivity index (χ2v) is 3.29. The molecule has 1 aromatic carbocycles. The molecule has 0 saturated heterocycles. The number of halogens is 2. The molecule has 0 amide bonds. The van der Waals surface area contributed by atoms with Crippen LogP contribution in [0.2, 0.25) is 5.02 Å². The topological polar surface area (TPSA) is 12.9 Å². The van der Waals surface area contributed by atoms with Crippen LogP contribution in [0.3, 0.4) is 0 Å². The number of rotatable bonds is 1. The van der Waals surface area contributed by atoms with Crippen molar-refractivity contribution in [3.05, 3.63) is 53.4 Å². The number of hydrogen-bond donors (Lipinski definition) is 0. The van der Waals surface area contributed by atoms with E-state index in [0.717, 1.165) is 5.56 Å². The third-order valence-electron chi connectivity index (χ3n) is 1.86. The van der Waals surface area contributed by atoms with Crippen molar-refractivity contribution in [3.63, 3.8) is 0 Å².